The summed E-state index contributed by atoms with van der Waals surface area (Å²) in [6.45, 7) is 2.18. The molecule has 0 fully saturated rings. The molecule has 24 heavy (non-hydrogen) atoms. The summed E-state index contributed by atoms with van der Waals surface area (Å²) in [6, 6.07) is 9.11. The molecule has 1 amide bonds. The van der Waals surface area contributed by atoms with E-state index in [0.29, 0.717) is 0 Å². The summed E-state index contributed by atoms with van der Waals surface area (Å²) in [5.41, 5.74) is 0.750. The van der Waals surface area contributed by atoms with Crippen molar-refractivity contribution >= 4 is 18.1 Å². The van der Waals surface area contributed by atoms with Gasteiger partial charge in [-0.05, 0) is 30.9 Å². The summed E-state index contributed by atoms with van der Waals surface area (Å²) in [6.07, 6.45) is 10.0. The first-order valence-corrected chi connectivity index (χ1v) is 8.77. The lowest BCUT2D eigenvalue weighted by molar-refractivity contribution is -0.113. The molecule has 1 aromatic carbocycles. The summed E-state index contributed by atoms with van der Waals surface area (Å²) in [5, 5.41) is 0. The van der Waals surface area contributed by atoms with Gasteiger partial charge in [-0.1, -0.05) is 56.5 Å². The molecular weight excluding hydrogens is 302 g/mol. The highest BCUT2D eigenvalue weighted by molar-refractivity contribution is 5.89. The fourth-order valence-corrected chi connectivity index (χ4v) is 3.46. The molecule has 0 saturated carbocycles. The van der Waals surface area contributed by atoms with Crippen LogP contribution in [0.25, 0.3) is 0 Å². The van der Waals surface area contributed by atoms with Crippen LogP contribution >= 0.6 is 0 Å². The Balaban J connectivity index is 2.27. The van der Waals surface area contributed by atoms with Gasteiger partial charge in [-0.25, -0.2) is 4.79 Å². The minimum atomic E-state index is -0.433. The summed E-state index contributed by atoms with van der Waals surface area (Å²) >= 11 is 0. The van der Waals surface area contributed by atoms with Gasteiger partial charge in [0.1, 0.15) is 6.29 Å². The van der Waals surface area contributed by atoms with Crippen LogP contribution in [-0.4, -0.2) is 25.5 Å². The smallest absolute Gasteiger partial charge is 0.414 e. The van der Waals surface area contributed by atoms with Gasteiger partial charge in [0.25, 0.3) is 0 Å². The Morgan fingerprint density at radius 1 is 1.29 bits per heavy atom. The predicted octanol–water partition coefficient (Wildman–Crippen LogP) is 4.60. The lowest BCUT2D eigenvalue weighted by atomic mass is 9.77. The van der Waals surface area contributed by atoms with Crippen molar-refractivity contribution in [2.24, 2.45) is 11.8 Å². The van der Waals surface area contributed by atoms with Crippen molar-refractivity contribution in [2.75, 3.05) is 12.0 Å². The maximum absolute atomic E-state index is 12.4. The van der Waals surface area contributed by atoms with Gasteiger partial charge in [0, 0.05) is 11.6 Å². The standard InChI is InChI=1S/C20H27NO3/c1-3-4-6-10-16-11-9-14-19(18(16)15-22)21(20(23)24-2)17-12-7-5-8-13-17/h5,7-9,12-16,18-19H,3-4,6,10-11H2,1-2H3. The number of amides is 1. The number of ether oxygens (including phenoxy) is 1. The van der Waals surface area contributed by atoms with E-state index in [1.54, 1.807) is 4.90 Å². The van der Waals surface area contributed by atoms with Crippen molar-refractivity contribution in [3.63, 3.8) is 0 Å². The van der Waals surface area contributed by atoms with Crippen LogP contribution in [0.2, 0.25) is 0 Å². The molecular formula is C20H27NO3. The highest BCUT2D eigenvalue weighted by atomic mass is 16.5. The Morgan fingerprint density at radius 2 is 2.04 bits per heavy atom. The Morgan fingerprint density at radius 3 is 2.67 bits per heavy atom. The highest BCUT2D eigenvalue weighted by Gasteiger charge is 2.37. The molecule has 1 aliphatic carbocycles. The Kier molecular flexibility index (Phi) is 7.04. The van der Waals surface area contributed by atoms with Crippen LogP contribution in [-0.2, 0) is 9.53 Å². The average molecular weight is 329 g/mol. The van der Waals surface area contributed by atoms with E-state index >= 15 is 0 Å². The predicted molar refractivity (Wildman–Crippen MR) is 96.1 cm³/mol. The van der Waals surface area contributed by atoms with E-state index in [1.165, 1.54) is 13.5 Å². The number of allylic oxidation sites excluding steroid dienone is 1. The van der Waals surface area contributed by atoms with E-state index < -0.39 is 6.09 Å². The molecule has 4 nitrogen and oxygen atoms in total. The van der Waals surface area contributed by atoms with E-state index in [1.807, 2.05) is 36.4 Å². The van der Waals surface area contributed by atoms with Crippen molar-refractivity contribution in [1.29, 1.82) is 0 Å². The Bertz CT molecular complexity index is 555. The normalized spacial score (nSPS) is 22.8. The van der Waals surface area contributed by atoms with E-state index in [0.717, 1.165) is 37.7 Å². The maximum atomic E-state index is 12.4. The van der Waals surface area contributed by atoms with Gasteiger partial charge in [-0.15, -0.1) is 0 Å². The fourth-order valence-electron chi connectivity index (χ4n) is 3.46. The average Bonchev–Trinajstić information content (AvgIpc) is 2.63. The molecule has 0 radical (unpaired) electrons. The number of hydrogen-bond acceptors (Lipinski definition) is 3. The molecule has 0 bridgehead atoms. The first kappa shape index (κ1) is 18.2. The van der Waals surface area contributed by atoms with Gasteiger partial charge < -0.3 is 9.53 Å². The maximum Gasteiger partial charge on any atom is 0.414 e. The summed E-state index contributed by atoms with van der Waals surface area (Å²) in [5.74, 6) is 0.0751. The van der Waals surface area contributed by atoms with Crippen LogP contribution in [0, 0.1) is 11.8 Å². The largest absolute Gasteiger partial charge is 0.452 e. The summed E-state index contributed by atoms with van der Waals surface area (Å²) < 4.78 is 4.98. The van der Waals surface area contributed by atoms with Crippen LogP contribution in [0.3, 0.4) is 0 Å². The number of methoxy groups -OCH3 is 1. The molecule has 0 aliphatic heterocycles. The third-order valence-corrected chi connectivity index (χ3v) is 4.75. The van der Waals surface area contributed by atoms with E-state index in [-0.39, 0.29) is 17.9 Å². The van der Waals surface area contributed by atoms with E-state index in [9.17, 15) is 9.59 Å². The van der Waals surface area contributed by atoms with E-state index in [4.69, 9.17) is 4.74 Å². The number of para-hydroxylation sites is 1. The lowest BCUT2D eigenvalue weighted by Crippen LogP contribution is -2.47. The van der Waals surface area contributed by atoms with Gasteiger partial charge in [0.05, 0.1) is 13.2 Å². The number of carbonyl (C=O) groups excluding carboxylic acids is 2. The van der Waals surface area contributed by atoms with Crippen molar-refractivity contribution < 1.29 is 14.3 Å². The van der Waals surface area contributed by atoms with Gasteiger partial charge in [-0.2, -0.15) is 0 Å². The van der Waals surface area contributed by atoms with Gasteiger partial charge in [-0.3, -0.25) is 4.90 Å². The van der Waals surface area contributed by atoms with Crippen molar-refractivity contribution in [2.45, 2.75) is 45.1 Å². The van der Waals surface area contributed by atoms with Crippen molar-refractivity contribution in [3.8, 4) is 0 Å². The van der Waals surface area contributed by atoms with Gasteiger partial charge >= 0.3 is 6.09 Å². The highest BCUT2D eigenvalue weighted by Crippen LogP contribution is 2.34. The number of rotatable bonds is 7. The first-order chi connectivity index (χ1) is 11.7. The van der Waals surface area contributed by atoms with Crippen LogP contribution < -0.4 is 4.90 Å². The molecule has 0 N–H and O–H groups in total. The second-order valence-corrected chi connectivity index (χ2v) is 6.30. The van der Waals surface area contributed by atoms with Gasteiger partial charge in [0.2, 0.25) is 0 Å². The number of nitrogens with zero attached hydrogens (tertiary/aromatic N) is 1. The number of benzene rings is 1. The molecule has 1 aromatic rings. The molecule has 0 aromatic heterocycles. The number of carbonyl (C=O) groups is 2. The molecule has 2 rings (SSSR count). The zero-order valence-electron chi connectivity index (χ0n) is 14.6. The van der Waals surface area contributed by atoms with Crippen LogP contribution in [0.5, 0.6) is 0 Å². The number of anilines is 1. The van der Waals surface area contributed by atoms with Crippen LogP contribution in [0.1, 0.15) is 39.0 Å². The van der Waals surface area contributed by atoms with E-state index in [2.05, 4.69) is 13.0 Å². The second-order valence-electron chi connectivity index (χ2n) is 6.30. The third kappa shape index (κ3) is 4.25. The minimum absolute atomic E-state index is 0.203. The Hall–Kier alpha value is -2.10. The third-order valence-electron chi connectivity index (χ3n) is 4.75. The summed E-state index contributed by atoms with van der Waals surface area (Å²) in [7, 11) is 1.37. The summed E-state index contributed by atoms with van der Waals surface area (Å²) in [4.78, 5) is 25.8. The Labute approximate surface area is 144 Å². The zero-order chi connectivity index (χ0) is 17.4. The molecule has 3 unspecified atom stereocenters. The van der Waals surface area contributed by atoms with Crippen molar-refractivity contribution in [1.82, 2.24) is 0 Å². The fraction of sp³-hybridized carbons (Fsp3) is 0.500. The van der Waals surface area contributed by atoms with Crippen LogP contribution in [0.15, 0.2) is 42.5 Å². The molecule has 130 valence electrons. The molecule has 4 heteroatoms. The molecule has 0 saturated heterocycles. The molecule has 3 atom stereocenters. The number of unbranched alkanes of at least 4 members (excludes halogenated alkanes) is 2. The topological polar surface area (TPSA) is 46.6 Å². The zero-order valence-corrected chi connectivity index (χ0v) is 14.6. The monoisotopic (exact) mass is 329 g/mol. The quantitative estimate of drug-likeness (QED) is 0.417. The first-order valence-electron chi connectivity index (χ1n) is 8.77. The van der Waals surface area contributed by atoms with Crippen molar-refractivity contribution in [3.05, 3.63) is 42.5 Å². The number of hydrogen-bond donors (Lipinski definition) is 0. The number of aldehydes is 1. The molecule has 0 heterocycles. The second kappa shape index (κ2) is 9.26. The van der Waals surface area contributed by atoms with Crippen LogP contribution in [0.4, 0.5) is 10.5 Å². The van der Waals surface area contributed by atoms with Gasteiger partial charge in [0.15, 0.2) is 0 Å². The SMILES string of the molecule is CCCCCC1CC=CC(N(C(=O)OC)c2ccccc2)C1C=O. The molecule has 0 spiro atoms. The lowest BCUT2D eigenvalue weighted by Gasteiger charge is -2.38. The minimum Gasteiger partial charge on any atom is -0.452 e. The molecule has 1 aliphatic rings.